The SMILES string of the molecule is C=C.C=C.CNCCCCOCCNC(=O)C(CCCCNC(=O)OOC)NC(=O)OOC. The summed E-state index contributed by atoms with van der Waals surface area (Å²) >= 11 is 0. The van der Waals surface area contributed by atoms with Crippen molar-refractivity contribution in [2.45, 2.75) is 38.1 Å². The highest BCUT2D eigenvalue weighted by atomic mass is 17.2. The Kier molecular flexibility index (Phi) is 31.0. The molecule has 194 valence electrons. The van der Waals surface area contributed by atoms with Crippen molar-refractivity contribution in [1.29, 1.82) is 0 Å². The van der Waals surface area contributed by atoms with Crippen LogP contribution in [0.25, 0.3) is 0 Å². The summed E-state index contributed by atoms with van der Waals surface area (Å²) in [6.45, 7) is 14.6. The summed E-state index contributed by atoms with van der Waals surface area (Å²) in [6.07, 6.45) is 1.86. The van der Waals surface area contributed by atoms with E-state index in [1.165, 1.54) is 14.2 Å². The highest BCUT2D eigenvalue weighted by Crippen LogP contribution is 2.02. The molecule has 0 aromatic rings. The van der Waals surface area contributed by atoms with Gasteiger partial charge in [0.15, 0.2) is 0 Å². The predicted octanol–water partition coefficient (Wildman–Crippen LogP) is 1.84. The van der Waals surface area contributed by atoms with Crippen molar-refractivity contribution in [2.75, 3.05) is 54.1 Å². The normalized spacial score (nSPS) is 10.3. The zero-order valence-corrected chi connectivity index (χ0v) is 20.2. The number of amides is 3. The van der Waals surface area contributed by atoms with Crippen LogP contribution in [0.3, 0.4) is 0 Å². The Bertz CT molecular complexity index is 481. The Morgan fingerprint density at radius 3 is 1.97 bits per heavy atom. The van der Waals surface area contributed by atoms with E-state index in [2.05, 4.69) is 67.1 Å². The van der Waals surface area contributed by atoms with Gasteiger partial charge in [-0.1, -0.05) is 0 Å². The van der Waals surface area contributed by atoms with Crippen LogP contribution in [0.1, 0.15) is 32.1 Å². The van der Waals surface area contributed by atoms with Crippen LogP contribution in [0, 0.1) is 0 Å². The second-order valence-electron chi connectivity index (χ2n) is 5.91. The molecule has 4 N–H and O–H groups in total. The van der Waals surface area contributed by atoms with Crippen LogP contribution >= 0.6 is 0 Å². The maximum atomic E-state index is 12.3. The molecule has 3 amide bonds. The van der Waals surface area contributed by atoms with Crippen LogP contribution < -0.4 is 21.3 Å². The maximum Gasteiger partial charge on any atom is 0.439 e. The predicted molar refractivity (Wildman–Crippen MR) is 125 cm³/mol. The zero-order valence-electron chi connectivity index (χ0n) is 20.2. The van der Waals surface area contributed by atoms with Crippen molar-refractivity contribution in [2.24, 2.45) is 0 Å². The van der Waals surface area contributed by atoms with Crippen molar-refractivity contribution in [3.63, 3.8) is 0 Å². The molecule has 0 radical (unpaired) electrons. The number of rotatable bonds is 17. The number of carbonyl (C=O) groups is 3. The van der Waals surface area contributed by atoms with Crippen molar-refractivity contribution in [1.82, 2.24) is 21.3 Å². The minimum Gasteiger partial charge on any atom is -0.380 e. The number of hydrogen-bond donors (Lipinski definition) is 4. The van der Waals surface area contributed by atoms with Gasteiger partial charge in [-0.05, 0) is 45.7 Å². The molecule has 0 saturated carbocycles. The molecule has 0 aliphatic carbocycles. The molecule has 12 nitrogen and oxygen atoms in total. The first-order valence-electron chi connectivity index (χ1n) is 10.5. The molecule has 0 saturated heterocycles. The van der Waals surface area contributed by atoms with Gasteiger partial charge in [-0.3, -0.25) is 14.6 Å². The van der Waals surface area contributed by atoms with E-state index >= 15 is 0 Å². The lowest BCUT2D eigenvalue weighted by Crippen LogP contribution is -2.47. The summed E-state index contributed by atoms with van der Waals surface area (Å²) in [6, 6.07) is -0.806. The molecule has 12 heteroatoms. The Balaban J connectivity index is -0.00000212. The molecule has 0 heterocycles. The Morgan fingerprint density at radius 2 is 1.36 bits per heavy atom. The molecule has 0 aliphatic rings. The molecular formula is C21H42N4O8. The Labute approximate surface area is 197 Å². The molecule has 0 aromatic carbocycles. The first-order valence-corrected chi connectivity index (χ1v) is 10.5. The van der Waals surface area contributed by atoms with E-state index in [-0.39, 0.29) is 5.91 Å². The third-order valence-electron chi connectivity index (χ3n) is 3.63. The van der Waals surface area contributed by atoms with Crippen LogP contribution in [0.15, 0.2) is 26.3 Å². The van der Waals surface area contributed by atoms with Crippen LogP contribution in [0.4, 0.5) is 9.59 Å². The number of carbonyl (C=O) groups excluding carboxylic acids is 3. The fraction of sp³-hybridized carbons (Fsp3) is 0.667. The third kappa shape index (κ3) is 25.5. The monoisotopic (exact) mass is 478 g/mol. The largest absolute Gasteiger partial charge is 0.439 e. The second kappa shape index (κ2) is 29.3. The van der Waals surface area contributed by atoms with E-state index in [9.17, 15) is 14.4 Å². The molecular weight excluding hydrogens is 436 g/mol. The van der Waals surface area contributed by atoms with Crippen LogP contribution in [-0.4, -0.2) is 78.3 Å². The van der Waals surface area contributed by atoms with Gasteiger partial charge in [-0.25, -0.2) is 9.59 Å². The number of hydrogen-bond acceptors (Lipinski definition) is 9. The molecule has 0 spiro atoms. The van der Waals surface area contributed by atoms with Gasteiger partial charge in [0.25, 0.3) is 0 Å². The number of ether oxygens (including phenoxy) is 1. The van der Waals surface area contributed by atoms with Crippen LogP contribution in [0.2, 0.25) is 0 Å². The molecule has 0 fully saturated rings. The molecule has 0 aliphatic heterocycles. The summed E-state index contributed by atoms with van der Waals surface area (Å²) in [5.74, 6) is -0.358. The Hall–Kier alpha value is -2.67. The van der Waals surface area contributed by atoms with Gasteiger partial charge in [0, 0.05) is 19.7 Å². The lowest BCUT2D eigenvalue weighted by atomic mass is 10.1. The Morgan fingerprint density at radius 1 is 0.758 bits per heavy atom. The summed E-state index contributed by atoms with van der Waals surface area (Å²) in [4.78, 5) is 52.1. The minimum absolute atomic E-state index is 0.326. The number of unbranched alkanes of at least 4 members (excludes halogenated alkanes) is 2. The summed E-state index contributed by atoms with van der Waals surface area (Å²) < 4.78 is 5.45. The lowest BCUT2D eigenvalue weighted by molar-refractivity contribution is -0.213. The van der Waals surface area contributed by atoms with Crippen LogP contribution in [0.5, 0.6) is 0 Å². The topological polar surface area (TPSA) is 145 Å². The first kappa shape index (κ1) is 34.9. The fourth-order valence-corrected chi connectivity index (χ4v) is 2.26. The summed E-state index contributed by atoms with van der Waals surface area (Å²) in [5.41, 5.74) is 0. The van der Waals surface area contributed by atoms with Crippen LogP contribution in [-0.2, 0) is 29.1 Å². The quantitative estimate of drug-likeness (QED) is 0.106. The second-order valence-corrected chi connectivity index (χ2v) is 5.91. The molecule has 0 bridgehead atoms. The van der Waals surface area contributed by atoms with Gasteiger partial charge in [0.2, 0.25) is 5.91 Å². The van der Waals surface area contributed by atoms with Gasteiger partial charge < -0.3 is 26.0 Å². The van der Waals surface area contributed by atoms with Crippen molar-refractivity contribution in [3.05, 3.63) is 26.3 Å². The van der Waals surface area contributed by atoms with E-state index in [4.69, 9.17) is 4.74 Å². The van der Waals surface area contributed by atoms with E-state index in [0.717, 1.165) is 19.4 Å². The highest BCUT2D eigenvalue weighted by molar-refractivity contribution is 5.85. The average molecular weight is 479 g/mol. The standard InChI is InChI=1S/C17H34N4O8.2C2H4/c1-18-9-6-7-12-27-13-11-19-15(22)14(21-17(24)29-26-3)8-4-5-10-20-16(23)28-25-2;2*1-2/h14,18H,4-13H2,1-3H3,(H,19,22)(H,20,23)(H,21,24);2*1-2H2. The first-order chi connectivity index (χ1) is 16.0. The van der Waals surface area contributed by atoms with Crippen molar-refractivity contribution in [3.8, 4) is 0 Å². The van der Waals surface area contributed by atoms with Gasteiger partial charge in [0.1, 0.15) is 6.04 Å². The van der Waals surface area contributed by atoms with E-state index in [1.54, 1.807) is 0 Å². The van der Waals surface area contributed by atoms with E-state index < -0.39 is 18.2 Å². The summed E-state index contributed by atoms with van der Waals surface area (Å²) in [7, 11) is 4.31. The smallest absolute Gasteiger partial charge is 0.380 e. The lowest BCUT2D eigenvalue weighted by Gasteiger charge is -2.17. The fourth-order valence-electron chi connectivity index (χ4n) is 2.26. The van der Waals surface area contributed by atoms with Gasteiger partial charge >= 0.3 is 12.2 Å². The van der Waals surface area contributed by atoms with Gasteiger partial charge in [-0.2, -0.15) is 9.78 Å². The maximum absolute atomic E-state index is 12.3. The average Bonchev–Trinajstić information content (AvgIpc) is 2.82. The molecule has 0 rings (SSSR count). The van der Waals surface area contributed by atoms with E-state index in [0.29, 0.717) is 45.6 Å². The van der Waals surface area contributed by atoms with Gasteiger partial charge in [-0.15, -0.1) is 26.3 Å². The minimum atomic E-state index is -0.866. The van der Waals surface area contributed by atoms with E-state index in [1.807, 2.05) is 7.05 Å². The zero-order chi connectivity index (χ0) is 25.7. The molecule has 33 heavy (non-hydrogen) atoms. The summed E-state index contributed by atoms with van der Waals surface area (Å²) in [5, 5.41) is 10.7. The third-order valence-corrected chi connectivity index (χ3v) is 3.63. The van der Waals surface area contributed by atoms with Gasteiger partial charge in [0.05, 0.1) is 20.8 Å². The number of nitrogens with one attached hydrogen (secondary N) is 4. The van der Waals surface area contributed by atoms with Crippen molar-refractivity contribution < 1.29 is 38.7 Å². The molecule has 1 atom stereocenters. The highest BCUT2D eigenvalue weighted by Gasteiger charge is 2.21. The molecule has 1 unspecified atom stereocenters. The molecule has 0 aromatic heterocycles. The van der Waals surface area contributed by atoms with Crippen molar-refractivity contribution >= 4 is 18.1 Å².